The summed E-state index contributed by atoms with van der Waals surface area (Å²) >= 11 is 0. The zero-order valence-electron chi connectivity index (χ0n) is 8.84. The van der Waals surface area contributed by atoms with Crippen LogP contribution in [0.3, 0.4) is 0 Å². The van der Waals surface area contributed by atoms with Crippen molar-refractivity contribution >= 4 is 5.97 Å². The average Bonchev–Trinajstić information content (AvgIpc) is 2.78. The minimum atomic E-state index is -2.98. The molecule has 1 aromatic heterocycles. The fourth-order valence-electron chi connectivity index (χ4n) is 1.37. The summed E-state index contributed by atoms with van der Waals surface area (Å²) in [5, 5.41) is 12.0. The highest BCUT2D eigenvalue weighted by Crippen LogP contribution is 2.31. The second-order valence-corrected chi connectivity index (χ2v) is 3.26. The molecule has 0 aliphatic rings. The molecule has 1 N–H and O–H groups in total. The number of carboxylic acids is 1. The van der Waals surface area contributed by atoms with Crippen molar-refractivity contribution in [3.05, 3.63) is 36.0 Å². The van der Waals surface area contributed by atoms with Crippen LogP contribution in [0.5, 0.6) is 5.75 Å². The quantitative estimate of drug-likeness (QED) is 0.909. The normalized spacial score (nSPS) is 10.6. The number of halogens is 2. The van der Waals surface area contributed by atoms with Gasteiger partial charge < -0.3 is 14.4 Å². The second-order valence-electron chi connectivity index (χ2n) is 3.26. The second kappa shape index (κ2) is 4.82. The van der Waals surface area contributed by atoms with Crippen LogP contribution in [0.4, 0.5) is 8.78 Å². The Bertz CT molecular complexity index is 568. The number of aromatic carboxylic acids is 1. The molecule has 18 heavy (non-hydrogen) atoms. The van der Waals surface area contributed by atoms with Crippen molar-refractivity contribution in [2.45, 2.75) is 6.61 Å². The molecule has 2 rings (SSSR count). The summed E-state index contributed by atoms with van der Waals surface area (Å²) in [5.74, 6) is -1.33. The molecular formula is C11H7F2NO4. The first-order valence-electron chi connectivity index (χ1n) is 4.82. The van der Waals surface area contributed by atoms with Gasteiger partial charge in [-0.1, -0.05) is 17.3 Å². The van der Waals surface area contributed by atoms with Crippen LogP contribution in [-0.4, -0.2) is 22.8 Å². The summed E-state index contributed by atoms with van der Waals surface area (Å²) < 4.78 is 33.5. The number of nitrogens with zero attached hydrogens (tertiary/aromatic N) is 1. The maximum Gasteiger partial charge on any atom is 0.387 e. The fraction of sp³-hybridized carbons (Fsp3) is 0.0909. The number of ether oxygens (including phenoxy) is 1. The zero-order chi connectivity index (χ0) is 13.1. The van der Waals surface area contributed by atoms with Crippen molar-refractivity contribution in [3.63, 3.8) is 0 Å². The summed E-state index contributed by atoms with van der Waals surface area (Å²) in [7, 11) is 0. The number of alkyl halides is 2. The van der Waals surface area contributed by atoms with E-state index in [0.29, 0.717) is 0 Å². The van der Waals surface area contributed by atoms with Crippen LogP contribution in [0.1, 0.15) is 10.5 Å². The van der Waals surface area contributed by atoms with Crippen LogP contribution in [0, 0.1) is 0 Å². The number of hydrogen-bond donors (Lipinski definition) is 1. The lowest BCUT2D eigenvalue weighted by Crippen LogP contribution is -2.02. The Morgan fingerprint density at radius 1 is 1.39 bits per heavy atom. The van der Waals surface area contributed by atoms with Crippen molar-refractivity contribution in [3.8, 4) is 17.1 Å². The van der Waals surface area contributed by atoms with Gasteiger partial charge in [-0.15, -0.1) is 0 Å². The van der Waals surface area contributed by atoms with Gasteiger partial charge in [0.1, 0.15) is 5.75 Å². The molecule has 0 amide bonds. The van der Waals surface area contributed by atoms with Gasteiger partial charge in [-0.2, -0.15) is 8.78 Å². The number of aromatic nitrogens is 1. The lowest BCUT2D eigenvalue weighted by atomic mass is 10.1. The Hall–Kier alpha value is -2.44. The molecule has 0 unspecified atom stereocenters. The highest BCUT2D eigenvalue weighted by atomic mass is 19.3. The van der Waals surface area contributed by atoms with Gasteiger partial charge in [-0.05, 0) is 12.1 Å². The van der Waals surface area contributed by atoms with Gasteiger partial charge >= 0.3 is 12.6 Å². The van der Waals surface area contributed by atoms with Crippen molar-refractivity contribution in [1.29, 1.82) is 0 Å². The van der Waals surface area contributed by atoms with E-state index in [1.807, 2.05) is 0 Å². The molecule has 1 aromatic carbocycles. The van der Waals surface area contributed by atoms with E-state index in [1.54, 1.807) is 6.07 Å². The van der Waals surface area contributed by atoms with E-state index in [-0.39, 0.29) is 22.8 Å². The van der Waals surface area contributed by atoms with E-state index in [1.165, 1.54) is 18.2 Å². The number of benzene rings is 1. The summed E-state index contributed by atoms with van der Waals surface area (Å²) in [4.78, 5) is 10.6. The Morgan fingerprint density at radius 3 is 2.72 bits per heavy atom. The van der Waals surface area contributed by atoms with E-state index in [2.05, 4.69) is 9.89 Å². The van der Waals surface area contributed by atoms with Crippen LogP contribution in [0.25, 0.3) is 11.3 Å². The van der Waals surface area contributed by atoms with Gasteiger partial charge in [0, 0.05) is 6.07 Å². The lowest BCUT2D eigenvalue weighted by Gasteiger charge is -2.07. The van der Waals surface area contributed by atoms with Crippen LogP contribution in [-0.2, 0) is 0 Å². The lowest BCUT2D eigenvalue weighted by molar-refractivity contribution is -0.0495. The predicted molar refractivity (Wildman–Crippen MR) is 55.5 cm³/mol. The number of carboxylic acid groups (broad SMARTS) is 1. The molecule has 0 atom stereocenters. The van der Waals surface area contributed by atoms with Crippen molar-refractivity contribution in [1.82, 2.24) is 5.16 Å². The van der Waals surface area contributed by atoms with Gasteiger partial charge in [0.2, 0.25) is 0 Å². The Kier molecular flexibility index (Phi) is 3.22. The molecular weight excluding hydrogens is 248 g/mol. The highest BCUT2D eigenvalue weighted by Gasteiger charge is 2.17. The maximum atomic E-state index is 12.2. The molecule has 94 valence electrons. The van der Waals surface area contributed by atoms with Crippen LogP contribution in [0.2, 0.25) is 0 Å². The monoisotopic (exact) mass is 255 g/mol. The van der Waals surface area contributed by atoms with Gasteiger partial charge in [-0.25, -0.2) is 4.79 Å². The van der Waals surface area contributed by atoms with Crippen LogP contribution in [0.15, 0.2) is 34.9 Å². The van der Waals surface area contributed by atoms with Gasteiger partial charge in [0.15, 0.2) is 11.5 Å². The molecule has 1 heterocycles. The predicted octanol–water partition coefficient (Wildman–Crippen LogP) is 2.64. The van der Waals surface area contributed by atoms with Crippen molar-refractivity contribution < 1.29 is 27.9 Å². The van der Waals surface area contributed by atoms with Crippen molar-refractivity contribution in [2.75, 3.05) is 0 Å². The van der Waals surface area contributed by atoms with E-state index in [0.717, 1.165) is 6.07 Å². The van der Waals surface area contributed by atoms with Gasteiger partial charge in [-0.3, -0.25) is 0 Å². The SMILES string of the molecule is O=C(O)c1cc(-c2ccccc2OC(F)F)on1. The van der Waals surface area contributed by atoms with E-state index >= 15 is 0 Å². The summed E-state index contributed by atoms with van der Waals surface area (Å²) in [6.45, 7) is -2.98. The van der Waals surface area contributed by atoms with Gasteiger partial charge in [0.25, 0.3) is 0 Å². The Morgan fingerprint density at radius 2 is 2.11 bits per heavy atom. The highest BCUT2D eigenvalue weighted by molar-refractivity contribution is 5.86. The summed E-state index contributed by atoms with van der Waals surface area (Å²) in [6, 6.07) is 7.01. The average molecular weight is 255 g/mol. The largest absolute Gasteiger partial charge is 0.476 e. The molecule has 0 spiro atoms. The summed E-state index contributed by atoms with van der Waals surface area (Å²) in [6.07, 6.45) is 0. The zero-order valence-corrected chi connectivity index (χ0v) is 8.84. The molecule has 0 aliphatic heterocycles. The van der Waals surface area contributed by atoms with Crippen molar-refractivity contribution in [2.24, 2.45) is 0 Å². The van der Waals surface area contributed by atoms with Gasteiger partial charge in [0.05, 0.1) is 5.56 Å². The first-order chi connectivity index (χ1) is 8.58. The topological polar surface area (TPSA) is 72.6 Å². The minimum absolute atomic E-state index is 0.0450. The number of carbonyl (C=O) groups is 1. The molecule has 0 aliphatic carbocycles. The number of rotatable bonds is 4. The molecule has 5 nitrogen and oxygen atoms in total. The fourth-order valence-corrected chi connectivity index (χ4v) is 1.37. The first kappa shape index (κ1) is 12.0. The third-order valence-electron chi connectivity index (χ3n) is 2.10. The van der Waals surface area contributed by atoms with E-state index in [9.17, 15) is 13.6 Å². The minimum Gasteiger partial charge on any atom is -0.476 e. The molecule has 0 bridgehead atoms. The number of para-hydroxylation sites is 1. The molecule has 7 heteroatoms. The van der Waals surface area contributed by atoms with Crippen LogP contribution >= 0.6 is 0 Å². The van der Waals surface area contributed by atoms with E-state index < -0.39 is 12.6 Å². The maximum absolute atomic E-state index is 12.2. The number of hydrogen-bond acceptors (Lipinski definition) is 4. The third kappa shape index (κ3) is 2.45. The third-order valence-corrected chi connectivity index (χ3v) is 2.10. The summed E-state index contributed by atoms with van der Waals surface area (Å²) in [5.41, 5.74) is -0.102. The molecule has 2 aromatic rings. The van der Waals surface area contributed by atoms with Crippen LogP contribution < -0.4 is 4.74 Å². The molecule has 0 radical (unpaired) electrons. The standard InChI is InChI=1S/C11H7F2NO4/c12-11(13)17-8-4-2-1-3-6(8)9-5-7(10(15)16)14-18-9/h1-5,11H,(H,15,16). The first-order valence-corrected chi connectivity index (χ1v) is 4.82. The van der Waals surface area contributed by atoms with E-state index in [4.69, 9.17) is 9.63 Å². The Labute approximate surface area is 99.6 Å². The smallest absolute Gasteiger partial charge is 0.387 e. The molecule has 0 saturated carbocycles. The molecule has 0 saturated heterocycles. The molecule has 0 fully saturated rings. The Balaban J connectivity index is 2.39.